The van der Waals surface area contributed by atoms with Crippen LogP contribution in [0.5, 0.6) is 5.75 Å². The summed E-state index contributed by atoms with van der Waals surface area (Å²) in [5.41, 5.74) is 0.0996. The van der Waals surface area contributed by atoms with Crippen molar-refractivity contribution >= 4 is 27.5 Å². The Kier molecular flexibility index (Phi) is 5.59. The van der Waals surface area contributed by atoms with Crippen molar-refractivity contribution in [3.05, 3.63) is 28.8 Å². The fourth-order valence-corrected chi connectivity index (χ4v) is 2.53. The summed E-state index contributed by atoms with van der Waals surface area (Å²) in [7, 11) is -3.37. The lowest BCUT2D eigenvalue weighted by atomic mass is 10.2. The van der Waals surface area contributed by atoms with Crippen molar-refractivity contribution in [2.24, 2.45) is 0 Å². The Morgan fingerprint density at radius 3 is 2.74 bits per heavy atom. The molecule has 3 N–H and O–H groups in total. The number of carbonyl (C=O) groups is 1. The van der Waals surface area contributed by atoms with Crippen molar-refractivity contribution in [2.75, 3.05) is 18.8 Å². The van der Waals surface area contributed by atoms with E-state index in [0.29, 0.717) is 6.54 Å². The summed E-state index contributed by atoms with van der Waals surface area (Å²) in [5.74, 6) is -0.842. The van der Waals surface area contributed by atoms with Crippen LogP contribution in [0.25, 0.3) is 0 Å². The maximum absolute atomic E-state index is 11.7. The van der Waals surface area contributed by atoms with Gasteiger partial charge in [-0.3, -0.25) is 4.79 Å². The first-order valence-electron chi connectivity index (χ1n) is 5.60. The number of nitrogens with one attached hydrogen (secondary N) is 2. The molecular weight excluding hydrogens is 292 g/mol. The molecule has 1 rings (SSSR count). The topological polar surface area (TPSA) is 95.5 Å². The third kappa shape index (κ3) is 5.06. The second-order valence-corrected chi connectivity index (χ2v) is 6.07. The standard InChI is InChI=1S/C11H15ClN2O4S/c1-2-14-19(17,18)6-5-13-11(16)9-7-8(15)3-4-10(9)12/h3-4,7,14-15H,2,5-6H2,1H3,(H,13,16). The molecule has 1 aromatic rings. The number of hydrogen-bond acceptors (Lipinski definition) is 4. The molecular formula is C11H15ClN2O4S. The van der Waals surface area contributed by atoms with E-state index in [-0.39, 0.29) is 28.6 Å². The minimum atomic E-state index is -3.37. The third-order valence-electron chi connectivity index (χ3n) is 2.22. The lowest BCUT2D eigenvalue weighted by molar-refractivity contribution is 0.0956. The highest BCUT2D eigenvalue weighted by molar-refractivity contribution is 7.89. The number of sulfonamides is 1. The summed E-state index contributed by atoms with van der Waals surface area (Å²) in [6.07, 6.45) is 0. The first-order chi connectivity index (χ1) is 8.85. The molecule has 0 bridgehead atoms. The van der Waals surface area contributed by atoms with Crippen LogP contribution in [0.2, 0.25) is 5.02 Å². The van der Waals surface area contributed by atoms with Gasteiger partial charge in [0, 0.05) is 13.1 Å². The van der Waals surface area contributed by atoms with Gasteiger partial charge in [-0.05, 0) is 18.2 Å². The lowest BCUT2D eigenvalue weighted by Crippen LogP contribution is -2.34. The number of phenols is 1. The van der Waals surface area contributed by atoms with Crippen LogP contribution >= 0.6 is 11.6 Å². The van der Waals surface area contributed by atoms with Crippen LogP contribution in [0.3, 0.4) is 0 Å². The Balaban J connectivity index is 2.59. The summed E-state index contributed by atoms with van der Waals surface area (Å²) in [5, 5.41) is 11.9. The Morgan fingerprint density at radius 2 is 2.11 bits per heavy atom. The minimum Gasteiger partial charge on any atom is -0.508 e. The number of hydrogen-bond donors (Lipinski definition) is 3. The van der Waals surface area contributed by atoms with Gasteiger partial charge in [-0.25, -0.2) is 13.1 Å². The Labute approximate surface area is 116 Å². The van der Waals surface area contributed by atoms with Crippen molar-refractivity contribution in [2.45, 2.75) is 6.92 Å². The molecule has 1 amide bonds. The molecule has 1 aromatic carbocycles. The molecule has 106 valence electrons. The molecule has 0 saturated heterocycles. The normalized spacial score (nSPS) is 11.3. The van der Waals surface area contributed by atoms with Crippen molar-refractivity contribution in [1.29, 1.82) is 0 Å². The molecule has 8 heteroatoms. The van der Waals surface area contributed by atoms with Gasteiger partial charge in [0.25, 0.3) is 5.91 Å². The lowest BCUT2D eigenvalue weighted by Gasteiger charge is -2.08. The molecule has 19 heavy (non-hydrogen) atoms. The Hall–Kier alpha value is -1.31. The summed E-state index contributed by atoms with van der Waals surface area (Å²) in [6, 6.07) is 3.96. The number of aromatic hydroxyl groups is 1. The molecule has 6 nitrogen and oxygen atoms in total. The van der Waals surface area contributed by atoms with Gasteiger partial charge in [-0.2, -0.15) is 0 Å². The molecule has 0 aliphatic carbocycles. The van der Waals surface area contributed by atoms with Crippen LogP contribution in [-0.2, 0) is 10.0 Å². The second kappa shape index (κ2) is 6.74. The van der Waals surface area contributed by atoms with Gasteiger partial charge in [0.1, 0.15) is 5.75 Å². The van der Waals surface area contributed by atoms with Crippen LogP contribution in [-0.4, -0.2) is 38.3 Å². The molecule has 0 unspecified atom stereocenters. The third-order valence-corrected chi connectivity index (χ3v) is 4.01. The van der Waals surface area contributed by atoms with E-state index >= 15 is 0 Å². The van der Waals surface area contributed by atoms with E-state index in [1.165, 1.54) is 18.2 Å². The summed E-state index contributed by atoms with van der Waals surface area (Å²) < 4.78 is 25.0. The van der Waals surface area contributed by atoms with Gasteiger partial charge >= 0.3 is 0 Å². The number of amides is 1. The smallest absolute Gasteiger partial charge is 0.252 e. The number of phenolic OH excluding ortho intramolecular Hbond substituents is 1. The number of rotatable bonds is 6. The van der Waals surface area contributed by atoms with Crippen LogP contribution in [0.4, 0.5) is 0 Å². The van der Waals surface area contributed by atoms with E-state index in [0.717, 1.165) is 0 Å². The fraction of sp³-hybridized carbons (Fsp3) is 0.364. The Morgan fingerprint density at radius 1 is 1.42 bits per heavy atom. The highest BCUT2D eigenvalue weighted by atomic mass is 35.5. The number of halogens is 1. The van der Waals surface area contributed by atoms with Crippen LogP contribution < -0.4 is 10.0 Å². The fourth-order valence-electron chi connectivity index (χ4n) is 1.37. The second-order valence-electron chi connectivity index (χ2n) is 3.74. The molecule has 0 aliphatic rings. The highest BCUT2D eigenvalue weighted by Crippen LogP contribution is 2.20. The molecule has 0 spiro atoms. The molecule has 0 aromatic heterocycles. The average molecular weight is 307 g/mol. The first-order valence-corrected chi connectivity index (χ1v) is 7.63. The van der Waals surface area contributed by atoms with Crippen LogP contribution in [0.1, 0.15) is 17.3 Å². The molecule has 0 fully saturated rings. The predicted molar refractivity (Wildman–Crippen MR) is 72.9 cm³/mol. The zero-order valence-corrected chi connectivity index (χ0v) is 11.9. The molecule has 0 saturated carbocycles. The SMILES string of the molecule is CCNS(=O)(=O)CCNC(=O)c1cc(O)ccc1Cl. The van der Waals surface area contributed by atoms with Gasteiger partial charge in [-0.15, -0.1) is 0 Å². The van der Waals surface area contributed by atoms with Crippen LogP contribution in [0.15, 0.2) is 18.2 Å². The van der Waals surface area contributed by atoms with Gasteiger partial charge in [-0.1, -0.05) is 18.5 Å². The van der Waals surface area contributed by atoms with E-state index in [2.05, 4.69) is 10.0 Å². The zero-order valence-electron chi connectivity index (χ0n) is 10.3. The monoisotopic (exact) mass is 306 g/mol. The molecule has 0 radical (unpaired) electrons. The predicted octanol–water partition coefficient (Wildman–Crippen LogP) is 0.715. The van der Waals surface area contributed by atoms with E-state index in [1.807, 2.05) is 0 Å². The van der Waals surface area contributed by atoms with Crippen molar-refractivity contribution < 1.29 is 18.3 Å². The Bertz CT molecular complexity index is 560. The van der Waals surface area contributed by atoms with Crippen molar-refractivity contribution in [1.82, 2.24) is 10.0 Å². The highest BCUT2D eigenvalue weighted by Gasteiger charge is 2.13. The van der Waals surface area contributed by atoms with Gasteiger partial charge in [0.15, 0.2) is 0 Å². The first kappa shape index (κ1) is 15.7. The van der Waals surface area contributed by atoms with Crippen molar-refractivity contribution in [3.8, 4) is 5.75 Å². The summed E-state index contributed by atoms with van der Waals surface area (Å²) >= 11 is 5.81. The maximum Gasteiger partial charge on any atom is 0.252 e. The maximum atomic E-state index is 11.7. The van der Waals surface area contributed by atoms with Gasteiger partial charge < -0.3 is 10.4 Å². The average Bonchev–Trinajstić information content (AvgIpc) is 2.31. The van der Waals surface area contributed by atoms with E-state index < -0.39 is 15.9 Å². The number of benzene rings is 1. The summed E-state index contributed by atoms with van der Waals surface area (Å²) in [4.78, 5) is 11.7. The number of carbonyl (C=O) groups excluding carboxylic acids is 1. The quantitative estimate of drug-likeness (QED) is 0.721. The van der Waals surface area contributed by atoms with E-state index in [4.69, 9.17) is 11.6 Å². The van der Waals surface area contributed by atoms with Crippen LogP contribution in [0, 0.1) is 0 Å². The van der Waals surface area contributed by atoms with E-state index in [1.54, 1.807) is 6.92 Å². The summed E-state index contributed by atoms with van der Waals surface area (Å²) in [6.45, 7) is 1.93. The molecule has 0 heterocycles. The molecule has 0 atom stereocenters. The largest absolute Gasteiger partial charge is 0.508 e. The van der Waals surface area contributed by atoms with Gasteiger partial charge in [0.05, 0.1) is 16.3 Å². The molecule has 0 aliphatic heterocycles. The van der Waals surface area contributed by atoms with E-state index in [9.17, 15) is 18.3 Å². The minimum absolute atomic E-state index is 0.0415. The van der Waals surface area contributed by atoms with Gasteiger partial charge in [0.2, 0.25) is 10.0 Å². The zero-order chi connectivity index (χ0) is 14.5. The van der Waals surface area contributed by atoms with Crippen molar-refractivity contribution in [3.63, 3.8) is 0 Å².